The number of carbonyl (C=O) groups excluding carboxylic acids is 1. The van der Waals surface area contributed by atoms with Crippen LogP contribution in [0.25, 0.3) is 11.1 Å². The second-order valence-electron chi connectivity index (χ2n) is 7.49. The third kappa shape index (κ3) is 4.43. The fourth-order valence-corrected chi connectivity index (χ4v) is 4.04. The van der Waals surface area contributed by atoms with Crippen molar-refractivity contribution in [3.8, 4) is 11.1 Å². The topological polar surface area (TPSA) is 75.6 Å². The highest BCUT2D eigenvalue weighted by Gasteiger charge is 2.29. The second kappa shape index (κ2) is 9.00. The van der Waals surface area contributed by atoms with Crippen LogP contribution in [-0.2, 0) is 16.0 Å². The van der Waals surface area contributed by atoms with Crippen molar-refractivity contribution in [3.05, 3.63) is 95.3 Å². The van der Waals surface area contributed by atoms with Gasteiger partial charge in [0.25, 0.3) is 0 Å². The normalized spacial score (nSPS) is 13.2. The van der Waals surface area contributed by atoms with E-state index < -0.39 is 23.9 Å². The zero-order valence-electron chi connectivity index (χ0n) is 16.8. The van der Waals surface area contributed by atoms with E-state index in [1.165, 1.54) is 6.07 Å². The van der Waals surface area contributed by atoms with E-state index in [0.717, 1.165) is 22.3 Å². The molecule has 31 heavy (non-hydrogen) atoms. The molecule has 3 aromatic rings. The Kier molecular flexibility index (Phi) is 5.98. The summed E-state index contributed by atoms with van der Waals surface area (Å²) in [6.45, 7) is 0.0967. The van der Waals surface area contributed by atoms with E-state index >= 15 is 0 Å². The van der Waals surface area contributed by atoms with E-state index in [9.17, 15) is 19.1 Å². The van der Waals surface area contributed by atoms with Crippen molar-refractivity contribution in [2.45, 2.75) is 24.8 Å². The molecule has 2 N–H and O–H groups in total. The van der Waals surface area contributed by atoms with Gasteiger partial charge in [-0.2, -0.15) is 0 Å². The van der Waals surface area contributed by atoms with Crippen LogP contribution in [0.15, 0.2) is 72.8 Å². The van der Waals surface area contributed by atoms with Gasteiger partial charge in [-0.05, 0) is 46.7 Å². The average Bonchev–Trinajstić information content (AvgIpc) is 3.10. The summed E-state index contributed by atoms with van der Waals surface area (Å²) in [5.41, 5.74) is 4.78. The monoisotopic (exact) mass is 419 g/mol. The molecule has 0 fully saturated rings. The number of aryl methyl sites for hydroxylation is 1. The summed E-state index contributed by atoms with van der Waals surface area (Å²) in [6, 6.07) is 20.9. The Morgan fingerprint density at radius 1 is 0.935 bits per heavy atom. The smallest absolute Gasteiger partial charge is 0.407 e. The highest BCUT2D eigenvalue weighted by Crippen LogP contribution is 2.44. The largest absolute Gasteiger partial charge is 0.480 e. The van der Waals surface area contributed by atoms with Gasteiger partial charge >= 0.3 is 12.1 Å². The summed E-state index contributed by atoms with van der Waals surface area (Å²) in [5, 5.41) is 11.8. The number of carboxylic acid groups (broad SMARTS) is 1. The zero-order valence-corrected chi connectivity index (χ0v) is 16.8. The van der Waals surface area contributed by atoms with Crippen molar-refractivity contribution in [3.63, 3.8) is 0 Å². The molecular weight excluding hydrogens is 397 g/mol. The van der Waals surface area contributed by atoms with Gasteiger partial charge in [-0.3, -0.25) is 0 Å². The van der Waals surface area contributed by atoms with Crippen LogP contribution in [0.5, 0.6) is 0 Å². The van der Waals surface area contributed by atoms with Gasteiger partial charge in [0, 0.05) is 5.92 Å². The number of nitrogens with one attached hydrogen (secondary N) is 1. The third-order valence-corrected chi connectivity index (χ3v) is 5.59. The molecule has 1 aliphatic rings. The standard InChI is InChI=1S/C25H22FNO4/c26-22-12-6-1-7-16(22)13-14-23(24(28)29)27-25(30)31-15-21-19-10-4-2-8-17(19)18-9-3-5-11-20(18)21/h1-12,21,23H,13-15H2,(H,27,30)(H,28,29)/t23-/m0/s1. The molecule has 158 valence electrons. The molecule has 6 heteroatoms. The minimum absolute atomic E-state index is 0.0560. The molecule has 0 spiro atoms. The molecule has 1 aliphatic carbocycles. The van der Waals surface area contributed by atoms with Gasteiger partial charge in [0.2, 0.25) is 0 Å². The highest BCUT2D eigenvalue weighted by atomic mass is 19.1. The molecule has 4 rings (SSSR count). The summed E-state index contributed by atoms with van der Waals surface area (Å²) in [6.07, 6.45) is -0.559. The fourth-order valence-electron chi connectivity index (χ4n) is 4.04. The van der Waals surface area contributed by atoms with Crippen molar-refractivity contribution in [1.29, 1.82) is 0 Å². The Labute approximate surface area is 179 Å². The van der Waals surface area contributed by atoms with Crippen LogP contribution in [0.1, 0.15) is 29.0 Å². The molecule has 0 saturated heterocycles. The van der Waals surface area contributed by atoms with E-state index in [2.05, 4.69) is 5.32 Å². The quantitative estimate of drug-likeness (QED) is 0.580. The van der Waals surface area contributed by atoms with Gasteiger partial charge in [0.05, 0.1) is 0 Å². The van der Waals surface area contributed by atoms with Crippen molar-refractivity contribution in [2.75, 3.05) is 6.61 Å². The molecule has 0 heterocycles. The Morgan fingerprint density at radius 3 is 2.13 bits per heavy atom. The summed E-state index contributed by atoms with van der Waals surface area (Å²) in [4.78, 5) is 23.9. The fraction of sp³-hybridized carbons (Fsp3) is 0.200. The maximum atomic E-state index is 13.8. The van der Waals surface area contributed by atoms with Crippen LogP contribution >= 0.6 is 0 Å². The number of halogens is 1. The van der Waals surface area contributed by atoms with Crippen molar-refractivity contribution >= 4 is 12.1 Å². The number of rotatable bonds is 7. The Hall–Kier alpha value is -3.67. The van der Waals surface area contributed by atoms with Crippen LogP contribution in [0, 0.1) is 5.82 Å². The number of hydrogen-bond donors (Lipinski definition) is 2. The first-order chi connectivity index (χ1) is 15.0. The van der Waals surface area contributed by atoms with Crippen LogP contribution in [0.4, 0.5) is 9.18 Å². The maximum absolute atomic E-state index is 13.8. The molecule has 0 aliphatic heterocycles. The van der Waals surface area contributed by atoms with Crippen LogP contribution in [0.2, 0.25) is 0 Å². The molecule has 1 atom stereocenters. The molecule has 5 nitrogen and oxygen atoms in total. The lowest BCUT2D eigenvalue weighted by Crippen LogP contribution is -2.41. The molecule has 3 aromatic carbocycles. The minimum atomic E-state index is -1.19. The van der Waals surface area contributed by atoms with Crippen LogP contribution in [-0.4, -0.2) is 29.8 Å². The number of aliphatic carboxylic acids is 1. The molecule has 0 unspecified atom stereocenters. The summed E-state index contributed by atoms with van der Waals surface area (Å²) in [5.74, 6) is -1.70. The molecule has 0 radical (unpaired) electrons. The Morgan fingerprint density at radius 2 is 1.52 bits per heavy atom. The van der Waals surface area contributed by atoms with Gasteiger partial charge in [-0.25, -0.2) is 14.0 Å². The number of ether oxygens (including phenoxy) is 1. The summed E-state index contributed by atoms with van der Waals surface area (Å²) < 4.78 is 19.2. The Bertz CT molecular complexity index is 1070. The van der Waals surface area contributed by atoms with E-state index in [0.29, 0.717) is 5.56 Å². The van der Waals surface area contributed by atoms with Crippen LogP contribution in [0.3, 0.4) is 0 Å². The minimum Gasteiger partial charge on any atom is -0.480 e. The van der Waals surface area contributed by atoms with Crippen molar-refractivity contribution in [1.82, 2.24) is 5.32 Å². The summed E-state index contributed by atoms with van der Waals surface area (Å²) in [7, 11) is 0. The molecular formula is C25H22FNO4. The van der Waals surface area contributed by atoms with Gasteiger partial charge < -0.3 is 15.2 Å². The first-order valence-corrected chi connectivity index (χ1v) is 10.1. The van der Waals surface area contributed by atoms with Gasteiger partial charge in [-0.15, -0.1) is 0 Å². The molecule has 1 amide bonds. The third-order valence-electron chi connectivity index (χ3n) is 5.59. The SMILES string of the molecule is O=C(N[C@@H](CCc1ccccc1F)C(=O)O)OCC1c2ccccc2-c2ccccc21. The predicted molar refractivity (Wildman–Crippen MR) is 114 cm³/mol. The number of carboxylic acids is 1. The lowest BCUT2D eigenvalue weighted by molar-refractivity contribution is -0.139. The van der Waals surface area contributed by atoms with Gasteiger partial charge in [-0.1, -0.05) is 66.7 Å². The number of fused-ring (bicyclic) bond motifs is 3. The average molecular weight is 419 g/mol. The van der Waals surface area contributed by atoms with E-state index in [1.54, 1.807) is 18.2 Å². The molecule has 0 bridgehead atoms. The first kappa shape index (κ1) is 20.6. The lowest BCUT2D eigenvalue weighted by Gasteiger charge is -2.17. The predicted octanol–water partition coefficient (Wildman–Crippen LogP) is 4.75. The lowest BCUT2D eigenvalue weighted by atomic mass is 9.98. The Balaban J connectivity index is 1.39. The number of hydrogen-bond acceptors (Lipinski definition) is 3. The van der Waals surface area contributed by atoms with Gasteiger partial charge in [0.15, 0.2) is 0 Å². The highest BCUT2D eigenvalue weighted by molar-refractivity contribution is 5.81. The van der Waals surface area contributed by atoms with Gasteiger partial charge in [0.1, 0.15) is 18.5 Å². The number of amides is 1. The molecule has 0 aromatic heterocycles. The van der Waals surface area contributed by atoms with Crippen molar-refractivity contribution in [2.24, 2.45) is 0 Å². The van der Waals surface area contributed by atoms with E-state index in [1.807, 2.05) is 48.5 Å². The number of benzene rings is 3. The number of carbonyl (C=O) groups is 2. The van der Waals surface area contributed by atoms with Crippen LogP contribution < -0.4 is 5.32 Å². The molecule has 0 saturated carbocycles. The second-order valence-corrected chi connectivity index (χ2v) is 7.49. The van der Waals surface area contributed by atoms with E-state index in [4.69, 9.17) is 4.74 Å². The number of alkyl carbamates (subject to hydrolysis) is 1. The van der Waals surface area contributed by atoms with Crippen molar-refractivity contribution < 1.29 is 23.8 Å². The zero-order chi connectivity index (χ0) is 21.8. The maximum Gasteiger partial charge on any atom is 0.407 e. The summed E-state index contributed by atoms with van der Waals surface area (Å²) >= 11 is 0. The first-order valence-electron chi connectivity index (χ1n) is 10.1. The van der Waals surface area contributed by atoms with E-state index in [-0.39, 0.29) is 25.4 Å².